The van der Waals surface area contributed by atoms with E-state index in [2.05, 4.69) is 11.3 Å². The van der Waals surface area contributed by atoms with E-state index >= 15 is 0 Å². The van der Waals surface area contributed by atoms with Gasteiger partial charge in [-0.25, -0.2) is 0 Å². The summed E-state index contributed by atoms with van der Waals surface area (Å²) in [7, 11) is 0. The van der Waals surface area contributed by atoms with Crippen LogP contribution in [0.3, 0.4) is 0 Å². The van der Waals surface area contributed by atoms with Crippen LogP contribution in [0.15, 0.2) is 30.5 Å². The number of fused-ring (bicyclic) bond motifs is 1. The van der Waals surface area contributed by atoms with E-state index < -0.39 is 0 Å². The van der Waals surface area contributed by atoms with Crippen molar-refractivity contribution >= 4 is 11.5 Å². The summed E-state index contributed by atoms with van der Waals surface area (Å²) >= 11 is 0. The Morgan fingerprint density at radius 2 is 2.24 bits per heavy atom. The lowest BCUT2D eigenvalue weighted by Gasteiger charge is -2.01. The molecule has 90 valence electrons. The van der Waals surface area contributed by atoms with Crippen LogP contribution >= 0.6 is 0 Å². The molecule has 2 rings (SSSR count). The molecule has 0 atom stereocenters. The van der Waals surface area contributed by atoms with E-state index in [0.29, 0.717) is 5.75 Å². The van der Waals surface area contributed by atoms with Crippen molar-refractivity contribution in [3.63, 3.8) is 0 Å². The van der Waals surface area contributed by atoms with Gasteiger partial charge in [-0.2, -0.15) is 0 Å². The molecule has 0 fully saturated rings. The van der Waals surface area contributed by atoms with Crippen LogP contribution < -0.4 is 4.74 Å². The smallest absolute Gasteiger partial charge is 0.308 e. The molecule has 3 heteroatoms. The van der Waals surface area contributed by atoms with Gasteiger partial charge in [-0.3, -0.25) is 4.79 Å². The highest BCUT2D eigenvalue weighted by Crippen LogP contribution is 2.25. The van der Waals surface area contributed by atoms with E-state index in [0.717, 1.165) is 24.8 Å². The van der Waals surface area contributed by atoms with Crippen molar-refractivity contribution in [2.24, 2.45) is 0 Å². The summed E-state index contributed by atoms with van der Waals surface area (Å²) < 4.78 is 7.32. The third-order valence-corrected chi connectivity index (χ3v) is 2.76. The van der Waals surface area contributed by atoms with Crippen LogP contribution in [0.5, 0.6) is 5.75 Å². The highest BCUT2D eigenvalue weighted by atomic mass is 16.5. The van der Waals surface area contributed by atoms with E-state index in [1.54, 1.807) is 0 Å². The van der Waals surface area contributed by atoms with Crippen LogP contribution in [0.25, 0.3) is 5.52 Å². The topological polar surface area (TPSA) is 30.7 Å². The predicted molar refractivity (Wildman–Crippen MR) is 67.3 cm³/mol. The lowest BCUT2D eigenvalue weighted by atomic mass is 10.2. The summed E-state index contributed by atoms with van der Waals surface area (Å²) in [4.78, 5) is 11.0. The molecule has 0 aliphatic carbocycles. The van der Waals surface area contributed by atoms with Gasteiger partial charge >= 0.3 is 5.97 Å². The molecule has 0 N–H and O–H groups in total. The maximum absolute atomic E-state index is 11.0. The van der Waals surface area contributed by atoms with Crippen molar-refractivity contribution in [3.05, 3.63) is 36.2 Å². The molecule has 2 heterocycles. The van der Waals surface area contributed by atoms with Gasteiger partial charge in [-0.1, -0.05) is 19.4 Å². The van der Waals surface area contributed by atoms with Crippen molar-refractivity contribution in [1.29, 1.82) is 0 Å². The number of esters is 1. The van der Waals surface area contributed by atoms with Crippen LogP contribution in [0.4, 0.5) is 0 Å². The van der Waals surface area contributed by atoms with Crippen LogP contribution in [0.2, 0.25) is 0 Å². The van der Waals surface area contributed by atoms with Crippen molar-refractivity contribution in [3.8, 4) is 5.75 Å². The zero-order valence-electron chi connectivity index (χ0n) is 10.3. The second kappa shape index (κ2) is 5.04. The first kappa shape index (κ1) is 11.7. The minimum absolute atomic E-state index is 0.275. The highest BCUT2D eigenvalue weighted by molar-refractivity contribution is 5.74. The van der Waals surface area contributed by atoms with Gasteiger partial charge in [0.25, 0.3) is 0 Å². The molecule has 0 aliphatic heterocycles. The number of aryl methyl sites for hydroxylation is 1. The molecular formula is C14H17NO2. The molecule has 0 unspecified atom stereocenters. The number of nitrogens with zero attached hydrogens (tertiary/aromatic N) is 1. The molecule has 0 amide bonds. The van der Waals surface area contributed by atoms with Gasteiger partial charge in [0.05, 0.1) is 5.52 Å². The molecule has 3 nitrogen and oxygen atoms in total. The number of hydrogen-bond donors (Lipinski definition) is 0. The fourth-order valence-electron chi connectivity index (χ4n) is 1.98. The van der Waals surface area contributed by atoms with E-state index in [-0.39, 0.29) is 5.97 Å². The molecule has 0 aromatic carbocycles. The lowest BCUT2D eigenvalue weighted by Crippen LogP contribution is -2.00. The standard InChI is InChI=1S/C14H17NO2/c1-3-4-7-12-10-14(17-11(2)16)13-8-5-6-9-15(12)13/h5-6,8-10H,3-4,7H2,1-2H3. The van der Waals surface area contributed by atoms with Gasteiger partial charge in [0.2, 0.25) is 0 Å². The number of carbonyl (C=O) groups is 1. The van der Waals surface area contributed by atoms with E-state index in [1.165, 1.54) is 12.6 Å². The minimum Gasteiger partial charge on any atom is -0.424 e. The quantitative estimate of drug-likeness (QED) is 0.756. The third-order valence-electron chi connectivity index (χ3n) is 2.76. The van der Waals surface area contributed by atoms with Gasteiger partial charge in [-0.05, 0) is 25.0 Å². The molecule has 0 spiro atoms. The average Bonchev–Trinajstić information content (AvgIpc) is 2.65. The van der Waals surface area contributed by atoms with Gasteiger partial charge in [0.1, 0.15) is 0 Å². The Morgan fingerprint density at radius 1 is 1.41 bits per heavy atom. The molecule has 0 bridgehead atoms. The number of rotatable bonds is 4. The van der Waals surface area contributed by atoms with Gasteiger partial charge in [0, 0.05) is 24.9 Å². The molecule has 2 aromatic heterocycles. The predicted octanol–water partition coefficient (Wildman–Crippen LogP) is 3.21. The molecule has 0 saturated carbocycles. The highest BCUT2D eigenvalue weighted by Gasteiger charge is 2.10. The first-order chi connectivity index (χ1) is 8.22. The first-order valence-electron chi connectivity index (χ1n) is 5.99. The van der Waals surface area contributed by atoms with E-state index in [9.17, 15) is 4.79 Å². The van der Waals surface area contributed by atoms with Gasteiger partial charge in [-0.15, -0.1) is 0 Å². The Bertz CT molecular complexity index is 528. The first-order valence-corrected chi connectivity index (χ1v) is 5.99. The molecule has 0 saturated heterocycles. The van der Waals surface area contributed by atoms with E-state index in [1.807, 2.05) is 30.5 Å². The summed E-state index contributed by atoms with van der Waals surface area (Å²) in [6, 6.07) is 7.87. The monoisotopic (exact) mass is 231 g/mol. The second-order valence-corrected chi connectivity index (χ2v) is 4.15. The number of unbranched alkanes of at least 4 members (excludes halogenated alkanes) is 1. The molecule has 0 aliphatic rings. The number of hydrogen-bond acceptors (Lipinski definition) is 2. The summed E-state index contributed by atoms with van der Waals surface area (Å²) in [6.07, 6.45) is 5.31. The van der Waals surface area contributed by atoms with E-state index in [4.69, 9.17) is 4.74 Å². The molecule has 17 heavy (non-hydrogen) atoms. The summed E-state index contributed by atoms with van der Waals surface area (Å²) in [5.41, 5.74) is 2.15. The number of ether oxygens (including phenoxy) is 1. The van der Waals surface area contributed by atoms with Crippen LogP contribution in [-0.2, 0) is 11.2 Å². The summed E-state index contributed by atoms with van der Waals surface area (Å²) in [5.74, 6) is 0.382. The Balaban J connectivity index is 2.42. The van der Waals surface area contributed by atoms with Gasteiger partial charge in [0.15, 0.2) is 5.75 Å². The fourth-order valence-corrected chi connectivity index (χ4v) is 1.98. The third kappa shape index (κ3) is 2.49. The summed E-state index contributed by atoms with van der Waals surface area (Å²) in [5, 5.41) is 0. The normalized spacial score (nSPS) is 10.7. The van der Waals surface area contributed by atoms with Crippen molar-refractivity contribution in [2.45, 2.75) is 33.1 Å². The van der Waals surface area contributed by atoms with Crippen LogP contribution in [0, 0.1) is 0 Å². The lowest BCUT2D eigenvalue weighted by molar-refractivity contribution is -0.131. The second-order valence-electron chi connectivity index (χ2n) is 4.15. The van der Waals surface area contributed by atoms with Crippen molar-refractivity contribution < 1.29 is 9.53 Å². The molecule has 0 radical (unpaired) electrons. The van der Waals surface area contributed by atoms with Crippen molar-refractivity contribution in [1.82, 2.24) is 4.40 Å². The Labute approximate surface area is 101 Å². The SMILES string of the molecule is CCCCc1cc(OC(C)=O)c2ccccn12. The Morgan fingerprint density at radius 3 is 2.94 bits per heavy atom. The molecular weight excluding hydrogens is 214 g/mol. The maximum atomic E-state index is 11.0. The van der Waals surface area contributed by atoms with Crippen LogP contribution in [0.1, 0.15) is 32.4 Å². The number of carbonyl (C=O) groups excluding carboxylic acids is 1. The number of pyridine rings is 1. The Kier molecular flexibility index (Phi) is 3.47. The maximum Gasteiger partial charge on any atom is 0.308 e. The minimum atomic E-state index is -0.275. The van der Waals surface area contributed by atoms with Crippen molar-refractivity contribution in [2.75, 3.05) is 0 Å². The summed E-state index contributed by atoms with van der Waals surface area (Å²) in [6.45, 7) is 3.60. The van der Waals surface area contributed by atoms with Crippen LogP contribution in [-0.4, -0.2) is 10.4 Å². The largest absolute Gasteiger partial charge is 0.424 e. The number of aromatic nitrogens is 1. The molecule has 2 aromatic rings. The fraction of sp³-hybridized carbons (Fsp3) is 0.357. The van der Waals surface area contributed by atoms with Gasteiger partial charge < -0.3 is 9.14 Å². The zero-order chi connectivity index (χ0) is 12.3. The zero-order valence-corrected chi connectivity index (χ0v) is 10.3. The Hall–Kier alpha value is -1.77. The average molecular weight is 231 g/mol.